The molecule has 1 aliphatic rings. The number of Topliss-reactive ketones (excluding diaryl/α,β-unsaturated/α-hetero) is 1. The van der Waals surface area contributed by atoms with Crippen LogP contribution in [0.15, 0.2) is 12.2 Å². The quantitative estimate of drug-likeness (QED) is 0.0172. The van der Waals surface area contributed by atoms with Gasteiger partial charge in [-0.3, -0.25) is 13.8 Å². The first-order valence-corrected chi connectivity index (χ1v) is 25.3. The number of carbonyl (C=O) groups is 1. The fourth-order valence-electron chi connectivity index (χ4n) is 7.38. The van der Waals surface area contributed by atoms with Crippen molar-refractivity contribution in [1.82, 2.24) is 0 Å². The molecule has 0 spiro atoms. The molecule has 1 heterocycles. The molecule has 0 radical (unpaired) electrons. The average Bonchev–Trinajstić information content (AvgIpc) is 3.18. The van der Waals surface area contributed by atoms with E-state index in [0.29, 0.717) is 17.4 Å². The first-order valence-electron chi connectivity index (χ1n) is 23.8. The Kier molecular flexibility index (Phi) is 33.1. The predicted molar refractivity (Wildman–Crippen MR) is 237 cm³/mol. The van der Waals surface area contributed by atoms with Crippen molar-refractivity contribution in [2.45, 2.75) is 224 Å². The topological polar surface area (TPSA) is 172 Å². The minimum absolute atomic E-state index is 0.0234. The molecule has 0 aromatic rings. The maximum absolute atomic E-state index is 13.2. The van der Waals surface area contributed by atoms with Gasteiger partial charge in [-0.25, -0.2) is 4.57 Å². The highest BCUT2D eigenvalue weighted by Crippen LogP contribution is 2.43. The minimum atomic E-state index is -4.51. The van der Waals surface area contributed by atoms with E-state index in [1.54, 1.807) is 6.08 Å². The number of quaternary nitrogens is 1. The number of ether oxygens (including phenoxy) is 2. The normalized spacial score (nSPS) is 22.2. The molecule has 59 heavy (non-hydrogen) atoms. The van der Waals surface area contributed by atoms with E-state index < -0.39 is 57.2 Å². The van der Waals surface area contributed by atoms with Crippen LogP contribution in [-0.4, -0.2) is 120 Å². The fourth-order valence-corrected chi connectivity index (χ4v) is 8.10. The highest BCUT2D eigenvalue weighted by molar-refractivity contribution is 7.47. The number of unbranched alkanes of at least 4 members (excludes halogenated alkanes) is 23. The summed E-state index contributed by atoms with van der Waals surface area (Å²) < 4.78 is 34.7. The Morgan fingerprint density at radius 3 is 1.66 bits per heavy atom. The van der Waals surface area contributed by atoms with Crippen LogP contribution < -0.4 is 0 Å². The Balaban J connectivity index is 2.67. The van der Waals surface area contributed by atoms with Crippen molar-refractivity contribution in [2.24, 2.45) is 5.92 Å². The van der Waals surface area contributed by atoms with E-state index in [1.807, 2.05) is 27.2 Å². The first kappa shape index (κ1) is 56.3. The van der Waals surface area contributed by atoms with Crippen molar-refractivity contribution in [3.05, 3.63) is 12.2 Å². The molecule has 5 N–H and O–H groups in total. The lowest BCUT2D eigenvalue weighted by atomic mass is 9.93. The van der Waals surface area contributed by atoms with Gasteiger partial charge in [-0.05, 0) is 19.3 Å². The van der Waals surface area contributed by atoms with E-state index in [4.69, 9.17) is 18.5 Å². The monoisotopic (exact) mass is 865 g/mol. The summed E-state index contributed by atoms with van der Waals surface area (Å²) in [6, 6.07) is 0. The van der Waals surface area contributed by atoms with Crippen LogP contribution in [0.2, 0.25) is 0 Å². The lowest BCUT2D eigenvalue weighted by Gasteiger charge is -2.40. The predicted octanol–water partition coefficient (Wildman–Crippen LogP) is 9.33. The number of hydrogen-bond acceptors (Lipinski definition) is 10. The molecule has 350 valence electrons. The second-order valence-corrected chi connectivity index (χ2v) is 19.7. The van der Waals surface area contributed by atoms with Crippen molar-refractivity contribution < 1.29 is 57.7 Å². The van der Waals surface area contributed by atoms with Gasteiger partial charge in [0.1, 0.15) is 43.4 Å². The minimum Gasteiger partial charge on any atom is -0.389 e. The lowest BCUT2D eigenvalue weighted by Crippen LogP contribution is -2.59. The average molecular weight is 865 g/mol. The molecular formula is C46H91NO11P+. The van der Waals surface area contributed by atoms with Gasteiger partial charge in [-0.2, -0.15) is 0 Å². The fraction of sp³-hybridized carbons (Fsp3) is 0.935. The summed E-state index contributed by atoms with van der Waals surface area (Å²) in [5.41, 5.74) is 0. The molecule has 1 fully saturated rings. The SMILES string of the molecule is CCCCCCCCCCCCC/C=C/[C@@H](O)[C@H](CO[C@@H]1O[C@H](COP(=O)(O)OCC[N+](C)(C)C)[C@H](O)[C@H](O)[C@H]1O)CC(=O)CCCCCCCCCCCCCCC. The number of phosphoric ester groups is 1. The van der Waals surface area contributed by atoms with Gasteiger partial charge in [0.05, 0.1) is 40.5 Å². The number of rotatable bonds is 40. The lowest BCUT2D eigenvalue weighted by molar-refractivity contribution is -0.870. The second kappa shape index (κ2) is 34.7. The second-order valence-electron chi connectivity index (χ2n) is 18.2. The summed E-state index contributed by atoms with van der Waals surface area (Å²) in [6.45, 7) is 4.10. The largest absolute Gasteiger partial charge is 0.472 e. The van der Waals surface area contributed by atoms with Gasteiger partial charge >= 0.3 is 7.82 Å². The molecule has 1 aliphatic heterocycles. The Morgan fingerprint density at radius 1 is 0.695 bits per heavy atom. The van der Waals surface area contributed by atoms with E-state index in [1.165, 1.54) is 122 Å². The highest BCUT2D eigenvalue weighted by atomic mass is 31.2. The molecule has 0 aliphatic carbocycles. The Morgan fingerprint density at radius 2 is 1.17 bits per heavy atom. The molecule has 0 bridgehead atoms. The summed E-state index contributed by atoms with van der Waals surface area (Å²) in [7, 11) is 1.21. The molecule has 0 amide bonds. The molecule has 8 atom stereocenters. The van der Waals surface area contributed by atoms with E-state index in [-0.39, 0.29) is 25.4 Å². The summed E-state index contributed by atoms with van der Waals surface area (Å²) in [4.78, 5) is 23.4. The van der Waals surface area contributed by atoms with Crippen LogP contribution in [0.5, 0.6) is 0 Å². The standard InChI is InChI=1S/C46H90NO11P/c1-6-8-10-12-14-16-18-20-22-24-26-28-30-32-40(48)36-39(41(49)33-31-29-27-25-23-21-19-17-15-13-11-9-7-2)37-55-46-45(52)44(51)43(50)42(58-46)38-57-59(53,54)56-35-34-47(3,4)5/h31,33,39,41-46,49-52H,6-30,32,34-38H2,1-5H3/p+1/b33-31+/t39-,41+,42+,43-,44-,45+,46+/m0/s1. The van der Waals surface area contributed by atoms with Crippen LogP contribution in [0.1, 0.15) is 187 Å². The van der Waals surface area contributed by atoms with Gasteiger partial charge in [-0.1, -0.05) is 167 Å². The zero-order valence-electron chi connectivity index (χ0n) is 38.2. The molecule has 0 aromatic heterocycles. The zero-order chi connectivity index (χ0) is 43.8. The molecule has 1 rings (SSSR count). The van der Waals surface area contributed by atoms with Crippen LogP contribution in [-0.2, 0) is 27.9 Å². The summed E-state index contributed by atoms with van der Waals surface area (Å²) in [5.74, 6) is -0.616. The van der Waals surface area contributed by atoms with Gasteiger partial charge in [0, 0.05) is 18.8 Å². The first-order chi connectivity index (χ1) is 28.2. The highest BCUT2D eigenvalue weighted by Gasteiger charge is 2.45. The van der Waals surface area contributed by atoms with Gasteiger partial charge in [0.15, 0.2) is 6.29 Å². The number of aliphatic hydroxyl groups is 4. The van der Waals surface area contributed by atoms with Gasteiger partial charge in [0.25, 0.3) is 0 Å². The number of carbonyl (C=O) groups excluding carboxylic acids is 1. The van der Waals surface area contributed by atoms with Gasteiger partial charge in [-0.15, -0.1) is 0 Å². The number of phosphoric acid groups is 1. The van der Waals surface area contributed by atoms with E-state index in [9.17, 15) is 34.7 Å². The molecule has 0 aromatic carbocycles. The number of aliphatic hydroxyl groups excluding tert-OH is 4. The van der Waals surface area contributed by atoms with Crippen LogP contribution in [0.3, 0.4) is 0 Å². The Labute approximate surface area is 360 Å². The van der Waals surface area contributed by atoms with Crippen LogP contribution in [0, 0.1) is 5.92 Å². The van der Waals surface area contributed by atoms with Crippen molar-refractivity contribution in [1.29, 1.82) is 0 Å². The molecule has 1 saturated heterocycles. The Hall–Kier alpha value is -0.760. The molecule has 1 unspecified atom stereocenters. The molecule has 12 nitrogen and oxygen atoms in total. The van der Waals surface area contributed by atoms with Gasteiger partial charge < -0.3 is 39.3 Å². The van der Waals surface area contributed by atoms with Gasteiger partial charge in [0.2, 0.25) is 0 Å². The number of nitrogens with zero attached hydrogens (tertiary/aromatic N) is 1. The smallest absolute Gasteiger partial charge is 0.389 e. The summed E-state index contributed by atoms with van der Waals surface area (Å²) in [5, 5.41) is 43.2. The van der Waals surface area contributed by atoms with E-state index >= 15 is 0 Å². The molecule has 13 heteroatoms. The van der Waals surface area contributed by atoms with Crippen molar-refractivity contribution in [3.8, 4) is 0 Å². The summed E-state index contributed by atoms with van der Waals surface area (Å²) >= 11 is 0. The van der Waals surface area contributed by atoms with E-state index in [2.05, 4.69) is 13.8 Å². The van der Waals surface area contributed by atoms with Crippen molar-refractivity contribution in [2.75, 3.05) is 47.5 Å². The van der Waals surface area contributed by atoms with E-state index in [0.717, 1.165) is 38.5 Å². The number of ketones is 1. The number of likely N-dealkylation sites (N-methyl/N-ethyl adjacent to an activating group) is 1. The number of hydrogen-bond donors (Lipinski definition) is 5. The third-order valence-corrected chi connectivity index (χ3v) is 12.4. The van der Waals surface area contributed by atoms with Crippen LogP contribution >= 0.6 is 7.82 Å². The third kappa shape index (κ3) is 30.0. The Bertz CT molecular complexity index is 1090. The summed E-state index contributed by atoms with van der Waals surface area (Å²) in [6.07, 6.45) is 25.9. The van der Waals surface area contributed by atoms with Crippen molar-refractivity contribution >= 4 is 13.6 Å². The van der Waals surface area contributed by atoms with Crippen molar-refractivity contribution in [3.63, 3.8) is 0 Å². The maximum Gasteiger partial charge on any atom is 0.472 e. The third-order valence-electron chi connectivity index (χ3n) is 11.4. The molecule has 0 saturated carbocycles. The number of allylic oxidation sites excluding steroid dienone is 1. The van der Waals surface area contributed by atoms with Crippen LogP contribution in [0.25, 0.3) is 0 Å². The maximum atomic E-state index is 13.2. The molecular weight excluding hydrogens is 773 g/mol. The zero-order valence-corrected chi connectivity index (χ0v) is 39.1. The van der Waals surface area contributed by atoms with Crippen LogP contribution in [0.4, 0.5) is 0 Å².